The standard InChI is InChI=1S/C13H11FN2O5/c1-16-7(3-6(15-16)13(17)18)10-11(14)8(19-2)4-9-12(10)21-5-20-9/h3-4H,5H2,1-2H3,(H,17,18). The Morgan fingerprint density at radius 3 is 2.86 bits per heavy atom. The van der Waals surface area contributed by atoms with Crippen LogP contribution in [0, 0.1) is 5.82 Å². The number of carboxylic acids is 1. The molecule has 0 spiro atoms. The zero-order valence-corrected chi connectivity index (χ0v) is 11.2. The number of hydrogen-bond acceptors (Lipinski definition) is 5. The second-order valence-corrected chi connectivity index (χ2v) is 4.35. The lowest BCUT2D eigenvalue weighted by Gasteiger charge is -2.11. The van der Waals surface area contributed by atoms with E-state index in [-0.39, 0.29) is 35.2 Å². The molecule has 2 heterocycles. The van der Waals surface area contributed by atoms with Gasteiger partial charge < -0.3 is 19.3 Å². The zero-order chi connectivity index (χ0) is 15.1. The summed E-state index contributed by atoms with van der Waals surface area (Å²) in [5.74, 6) is -1.35. The fourth-order valence-electron chi connectivity index (χ4n) is 2.18. The van der Waals surface area contributed by atoms with E-state index >= 15 is 0 Å². The minimum absolute atomic E-state index is 0.0210. The van der Waals surface area contributed by atoms with E-state index in [1.54, 1.807) is 0 Å². The van der Waals surface area contributed by atoms with Crippen molar-refractivity contribution in [1.29, 1.82) is 0 Å². The van der Waals surface area contributed by atoms with E-state index in [0.717, 1.165) is 0 Å². The molecule has 1 N–H and O–H groups in total. The van der Waals surface area contributed by atoms with Gasteiger partial charge in [0.1, 0.15) is 0 Å². The van der Waals surface area contributed by atoms with Crippen LogP contribution in [0.15, 0.2) is 12.1 Å². The second-order valence-electron chi connectivity index (χ2n) is 4.35. The average Bonchev–Trinajstić information content (AvgIpc) is 3.05. The first-order valence-electron chi connectivity index (χ1n) is 5.96. The van der Waals surface area contributed by atoms with Gasteiger partial charge in [0.05, 0.1) is 18.4 Å². The number of halogens is 1. The molecule has 0 amide bonds. The quantitative estimate of drug-likeness (QED) is 0.927. The Morgan fingerprint density at radius 1 is 1.48 bits per heavy atom. The number of hydrogen-bond donors (Lipinski definition) is 1. The second kappa shape index (κ2) is 4.65. The van der Waals surface area contributed by atoms with Crippen molar-refractivity contribution in [3.8, 4) is 28.5 Å². The number of fused-ring (bicyclic) bond motifs is 1. The molecule has 3 rings (SSSR count). The van der Waals surface area contributed by atoms with Gasteiger partial charge in [0, 0.05) is 13.1 Å². The molecule has 0 unspecified atom stereocenters. The van der Waals surface area contributed by atoms with Crippen LogP contribution in [0.5, 0.6) is 17.2 Å². The van der Waals surface area contributed by atoms with E-state index in [9.17, 15) is 9.18 Å². The van der Waals surface area contributed by atoms with Gasteiger partial charge in [-0.25, -0.2) is 9.18 Å². The first-order valence-corrected chi connectivity index (χ1v) is 5.96. The number of rotatable bonds is 3. The Hall–Kier alpha value is -2.77. The number of benzene rings is 1. The number of aromatic nitrogens is 2. The molecule has 2 aromatic rings. The highest BCUT2D eigenvalue weighted by Gasteiger charge is 2.29. The Balaban J connectivity index is 2.27. The third-order valence-corrected chi connectivity index (χ3v) is 3.14. The maximum absolute atomic E-state index is 14.6. The topological polar surface area (TPSA) is 82.8 Å². The van der Waals surface area contributed by atoms with Crippen molar-refractivity contribution < 1.29 is 28.5 Å². The van der Waals surface area contributed by atoms with Gasteiger partial charge in [-0.15, -0.1) is 0 Å². The SMILES string of the molecule is COc1cc2c(c(-c3cc(C(=O)O)nn3C)c1F)OCO2. The zero-order valence-electron chi connectivity index (χ0n) is 11.2. The summed E-state index contributed by atoms with van der Waals surface area (Å²) in [6.07, 6.45) is 0. The Labute approximate surface area is 118 Å². The van der Waals surface area contributed by atoms with Crippen molar-refractivity contribution in [1.82, 2.24) is 9.78 Å². The molecule has 0 atom stereocenters. The maximum Gasteiger partial charge on any atom is 0.356 e. The van der Waals surface area contributed by atoms with Crippen molar-refractivity contribution in [3.05, 3.63) is 23.6 Å². The highest BCUT2D eigenvalue weighted by atomic mass is 19.1. The number of aryl methyl sites for hydroxylation is 1. The van der Waals surface area contributed by atoms with E-state index in [0.29, 0.717) is 5.75 Å². The Kier molecular flexibility index (Phi) is 2.93. The molecule has 1 aromatic carbocycles. The minimum Gasteiger partial charge on any atom is -0.494 e. The van der Waals surface area contributed by atoms with Crippen molar-refractivity contribution in [2.45, 2.75) is 0 Å². The molecule has 0 saturated heterocycles. The highest BCUT2D eigenvalue weighted by molar-refractivity contribution is 5.88. The molecule has 0 bridgehead atoms. The summed E-state index contributed by atoms with van der Waals surface area (Å²) in [5.41, 5.74) is 0.122. The summed E-state index contributed by atoms with van der Waals surface area (Å²) in [4.78, 5) is 11.0. The summed E-state index contributed by atoms with van der Waals surface area (Å²) in [7, 11) is 2.85. The summed E-state index contributed by atoms with van der Waals surface area (Å²) >= 11 is 0. The Bertz CT molecular complexity index is 740. The number of carboxylic acid groups (broad SMARTS) is 1. The molecule has 0 radical (unpaired) electrons. The molecule has 110 valence electrons. The van der Waals surface area contributed by atoms with E-state index in [2.05, 4.69) is 5.10 Å². The van der Waals surface area contributed by atoms with Crippen LogP contribution in [0.3, 0.4) is 0 Å². The molecular weight excluding hydrogens is 283 g/mol. The predicted octanol–water partition coefficient (Wildman–Crippen LogP) is 1.66. The van der Waals surface area contributed by atoms with Gasteiger partial charge >= 0.3 is 5.97 Å². The molecular formula is C13H11FN2O5. The fraction of sp³-hybridized carbons (Fsp3) is 0.231. The predicted molar refractivity (Wildman–Crippen MR) is 68.2 cm³/mol. The molecule has 1 aliphatic heterocycles. The lowest BCUT2D eigenvalue weighted by Crippen LogP contribution is -2.01. The molecule has 1 aliphatic rings. The number of methoxy groups -OCH3 is 1. The van der Waals surface area contributed by atoms with E-state index in [1.807, 2.05) is 0 Å². The normalized spacial score (nSPS) is 12.5. The Morgan fingerprint density at radius 2 is 2.24 bits per heavy atom. The third kappa shape index (κ3) is 1.95. The van der Waals surface area contributed by atoms with Crippen molar-refractivity contribution >= 4 is 5.97 Å². The molecule has 21 heavy (non-hydrogen) atoms. The van der Waals surface area contributed by atoms with Gasteiger partial charge in [0.15, 0.2) is 28.8 Å². The lowest BCUT2D eigenvalue weighted by molar-refractivity contribution is 0.0689. The van der Waals surface area contributed by atoms with Crippen LogP contribution in [0.1, 0.15) is 10.5 Å². The van der Waals surface area contributed by atoms with Gasteiger partial charge in [-0.3, -0.25) is 4.68 Å². The van der Waals surface area contributed by atoms with Gasteiger partial charge in [-0.2, -0.15) is 5.10 Å². The molecule has 7 nitrogen and oxygen atoms in total. The van der Waals surface area contributed by atoms with Crippen LogP contribution in [0.2, 0.25) is 0 Å². The molecule has 0 aliphatic carbocycles. The molecule has 0 fully saturated rings. The fourth-order valence-corrected chi connectivity index (χ4v) is 2.18. The first-order chi connectivity index (χ1) is 10.0. The number of ether oxygens (including phenoxy) is 3. The molecule has 1 aromatic heterocycles. The van der Waals surface area contributed by atoms with Gasteiger partial charge in [0.25, 0.3) is 0 Å². The molecule has 0 saturated carbocycles. The monoisotopic (exact) mass is 294 g/mol. The summed E-state index contributed by atoms with van der Waals surface area (Å²) in [6, 6.07) is 2.65. The van der Waals surface area contributed by atoms with Crippen LogP contribution in [-0.2, 0) is 7.05 Å². The van der Waals surface area contributed by atoms with Crippen molar-refractivity contribution in [3.63, 3.8) is 0 Å². The highest BCUT2D eigenvalue weighted by Crippen LogP contribution is 2.46. The van der Waals surface area contributed by atoms with Crippen LogP contribution < -0.4 is 14.2 Å². The summed E-state index contributed by atoms with van der Waals surface area (Å²) < 4.78 is 31.3. The third-order valence-electron chi connectivity index (χ3n) is 3.14. The number of carbonyl (C=O) groups is 1. The molecule has 8 heteroatoms. The maximum atomic E-state index is 14.6. The lowest BCUT2D eigenvalue weighted by atomic mass is 10.1. The largest absolute Gasteiger partial charge is 0.494 e. The van der Waals surface area contributed by atoms with Gasteiger partial charge in [-0.05, 0) is 6.07 Å². The first kappa shape index (κ1) is 13.2. The van der Waals surface area contributed by atoms with Crippen LogP contribution >= 0.6 is 0 Å². The summed E-state index contributed by atoms with van der Waals surface area (Å²) in [5, 5.41) is 12.8. The van der Waals surface area contributed by atoms with Crippen molar-refractivity contribution in [2.75, 3.05) is 13.9 Å². The van der Waals surface area contributed by atoms with Crippen LogP contribution in [-0.4, -0.2) is 34.8 Å². The number of aromatic carboxylic acids is 1. The van der Waals surface area contributed by atoms with Crippen LogP contribution in [0.25, 0.3) is 11.3 Å². The van der Waals surface area contributed by atoms with Gasteiger partial charge in [0.2, 0.25) is 6.79 Å². The van der Waals surface area contributed by atoms with E-state index in [1.165, 1.54) is 31.0 Å². The number of nitrogens with zero attached hydrogens (tertiary/aromatic N) is 2. The average molecular weight is 294 g/mol. The minimum atomic E-state index is -1.20. The van der Waals surface area contributed by atoms with Gasteiger partial charge in [-0.1, -0.05) is 0 Å². The van der Waals surface area contributed by atoms with E-state index < -0.39 is 11.8 Å². The van der Waals surface area contributed by atoms with Crippen LogP contribution in [0.4, 0.5) is 4.39 Å². The van der Waals surface area contributed by atoms with Crippen molar-refractivity contribution in [2.24, 2.45) is 7.05 Å². The summed E-state index contributed by atoms with van der Waals surface area (Å²) in [6.45, 7) is -0.0431. The smallest absolute Gasteiger partial charge is 0.356 e. The van der Waals surface area contributed by atoms with E-state index in [4.69, 9.17) is 19.3 Å².